The Morgan fingerprint density at radius 2 is 2.41 bits per heavy atom. The van der Waals surface area contributed by atoms with Crippen LogP contribution in [0.3, 0.4) is 0 Å². The fourth-order valence-corrected chi connectivity index (χ4v) is 2.36. The van der Waals surface area contributed by atoms with Gasteiger partial charge in [0.2, 0.25) is 0 Å². The summed E-state index contributed by atoms with van der Waals surface area (Å²) in [6.07, 6.45) is 6.75. The fourth-order valence-electron chi connectivity index (χ4n) is 2.36. The predicted molar refractivity (Wildman–Crippen MR) is 66.3 cm³/mol. The van der Waals surface area contributed by atoms with Crippen LogP contribution in [-0.2, 0) is 0 Å². The second-order valence-electron chi connectivity index (χ2n) is 5.33. The molecule has 2 fully saturated rings. The smallest absolute Gasteiger partial charge is 0.293 e. The normalized spacial score (nSPS) is 28.3. The first-order chi connectivity index (χ1) is 8.18. The Labute approximate surface area is 100 Å². The van der Waals surface area contributed by atoms with E-state index in [-0.39, 0.29) is 11.1 Å². The van der Waals surface area contributed by atoms with Crippen molar-refractivity contribution >= 4 is 5.82 Å². The topological polar surface area (TPSA) is 59.0 Å². The van der Waals surface area contributed by atoms with Crippen LogP contribution in [0.4, 0.5) is 5.82 Å². The van der Waals surface area contributed by atoms with Gasteiger partial charge in [0.15, 0.2) is 5.82 Å². The molecule has 0 radical (unpaired) electrons. The van der Waals surface area contributed by atoms with E-state index < -0.39 is 0 Å². The largest absolute Gasteiger partial charge is 0.359 e. The van der Waals surface area contributed by atoms with Crippen molar-refractivity contribution in [2.45, 2.75) is 37.8 Å². The van der Waals surface area contributed by atoms with Gasteiger partial charge >= 0.3 is 0 Å². The van der Waals surface area contributed by atoms with Crippen molar-refractivity contribution in [1.82, 2.24) is 14.9 Å². The molecule has 2 aliphatic rings. The van der Waals surface area contributed by atoms with Crippen LogP contribution in [0.25, 0.3) is 0 Å². The summed E-state index contributed by atoms with van der Waals surface area (Å²) >= 11 is 0. The molecule has 1 unspecified atom stereocenters. The van der Waals surface area contributed by atoms with Gasteiger partial charge in [-0.3, -0.25) is 4.79 Å². The Bertz CT molecular complexity index is 472. The summed E-state index contributed by atoms with van der Waals surface area (Å²) in [6, 6.07) is 0.403. The number of aromatic nitrogens is 2. The first kappa shape index (κ1) is 10.8. The molecule has 1 saturated carbocycles. The second-order valence-corrected chi connectivity index (χ2v) is 5.33. The number of nitrogens with zero attached hydrogens (tertiary/aromatic N) is 2. The third-order valence-corrected chi connectivity index (χ3v) is 3.60. The lowest BCUT2D eigenvalue weighted by atomic mass is 10.0. The molecule has 17 heavy (non-hydrogen) atoms. The quantitative estimate of drug-likeness (QED) is 0.810. The lowest BCUT2D eigenvalue weighted by Crippen LogP contribution is -2.40. The van der Waals surface area contributed by atoms with E-state index in [2.05, 4.69) is 22.5 Å². The Morgan fingerprint density at radius 1 is 1.59 bits per heavy atom. The van der Waals surface area contributed by atoms with Gasteiger partial charge in [0.1, 0.15) is 0 Å². The van der Waals surface area contributed by atoms with Crippen LogP contribution < -0.4 is 16.2 Å². The van der Waals surface area contributed by atoms with Gasteiger partial charge < -0.3 is 15.2 Å². The van der Waals surface area contributed by atoms with E-state index in [9.17, 15) is 4.79 Å². The molecule has 1 aromatic rings. The van der Waals surface area contributed by atoms with Gasteiger partial charge in [0, 0.05) is 30.5 Å². The number of rotatable bonds is 3. The molecule has 1 atom stereocenters. The summed E-state index contributed by atoms with van der Waals surface area (Å²) in [4.78, 5) is 16.4. The molecular formula is C12H18N4O. The fraction of sp³-hybridized carbons (Fsp3) is 0.667. The highest BCUT2D eigenvalue weighted by atomic mass is 16.1. The van der Waals surface area contributed by atoms with Crippen LogP contribution >= 0.6 is 0 Å². The Kier molecular flexibility index (Phi) is 2.43. The zero-order valence-electron chi connectivity index (χ0n) is 10.1. The first-order valence-electron chi connectivity index (χ1n) is 6.24. The SMILES string of the molecule is CC1(Nc2nccn(C3CC3)c2=O)CCNC1. The third-order valence-electron chi connectivity index (χ3n) is 3.60. The summed E-state index contributed by atoms with van der Waals surface area (Å²) in [6.45, 7) is 4.00. The van der Waals surface area contributed by atoms with Crippen LogP contribution in [-0.4, -0.2) is 28.2 Å². The molecule has 0 bridgehead atoms. The van der Waals surface area contributed by atoms with E-state index in [1.165, 1.54) is 0 Å². The third kappa shape index (κ3) is 2.07. The molecule has 1 aliphatic carbocycles. The summed E-state index contributed by atoms with van der Waals surface area (Å²) in [5.74, 6) is 0.491. The molecule has 1 saturated heterocycles. The van der Waals surface area contributed by atoms with Gasteiger partial charge in [-0.1, -0.05) is 0 Å². The first-order valence-corrected chi connectivity index (χ1v) is 6.24. The molecule has 5 heteroatoms. The Hall–Kier alpha value is -1.36. The average Bonchev–Trinajstić information content (AvgIpc) is 3.05. The summed E-state index contributed by atoms with van der Waals surface area (Å²) < 4.78 is 1.81. The summed E-state index contributed by atoms with van der Waals surface area (Å²) in [5.41, 5.74) is -0.0299. The molecule has 0 spiro atoms. The van der Waals surface area contributed by atoms with E-state index in [1.807, 2.05) is 0 Å². The highest BCUT2D eigenvalue weighted by molar-refractivity contribution is 5.36. The minimum absolute atomic E-state index is 0.0168. The lowest BCUT2D eigenvalue weighted by Gasteiger charge is -2.24. The Balaban J connectivity index is 1.87. The van der Waals surface area contributed by atoms with Crippen LogP contribution in [0, 0.1) is 0 Å². The van der Waals surface area contributed by atoms with Crippen molar-refractivity contribution in [2.24, 2.45) is 0 Å². The van der Waals surface area contributed by atoms with Crippen molar-refractivity contribution in [3.05, 3.63) is 22.7 Å². The highest BCUT2D eigenvalue weighted by Crippen LogP contribution is 2.33. The molecule has 2 N–H and O–H groups in total. The van der Waals surface area contributed by atoms with E-state index >= 15 is 0 Å². The van der Waals surface area contributed by atoms with Gasteiger partial charge in [-0.25, -0.2) is 4.98 Å². The van der Waals surface area contributed by atoms with Crippen molar-refractivity contribution in [2.75, 3.05) is 18.4 Å². The molecule has 1 aromatic heterocycles. The minimum atomic E-state index is -0.0467. The number of nitrogens with one attached hydrogen (secondary N) is 2. The highest BCUT2D eigenvalue weighted by Gasteiger charge is 2.31. The standard InChI is InChI=1S/C12H18N4O/c1-12(4-5-13-8-12)15-10-11(17)16(7-6-14-10)9-2-3-9/h6-7,9,13H,2-5,8H2,1H3,(H,14,15). The maximum atomic E-state index is 12.2. The van der Waals surface area contributed by atoms with Gasteiger partial charge in [-0.05, 0) is 32.7 Å². The monoisotopic (exact) mass is 234 g/mol. The number of hydrogen-bond donors (Lipinski definition) is 2. The summed E-state index contributed by atoms with van der Waals surface area (Å²) in [5, 5.41) is 6.60. The number of hydrogen-bond acceptors (Lipinski definition) is 4. The van der Waals surface area contributed by atoms with E-state index in [1.54, 1.807) is 17.0 Å². The van der Waals surface area contributed by atoms with Crippen LogP contribution in [0.2, 0.25) is 0 Å². The van der Waals surface area contributed by atoms with Crippen molar-refractivity contribution in [3.63, 3.8) is 0 Å². The molecule has 92 valence electrons. The molecule has 2 heterocycles. The molecule has 0 amide bonds. The van der Waals surface area contributed by atoms with E-state index in [4.69, 9.17) is 0 Å². The van der Waals surface area contributed by atoms with Crippen molar-refractivity contribution in [1.29, 1.82) is 0 Å². The van der Waals surface area contributed by atoms with Gasteiger partial charge in [0.05, 0.1) is 0 Å². The van der Waals surface area contributed by atoms with Gasteiger partial charge in [0.25, 0.3) is 5.56 Å². The van der Waals surface area contributed by atoms with E-state index in [0.29, 0.717) is 11.9 Å². The minimum Gasteiger partial charge on any atom is -0.359 e. The average molecular weight is 234 g/mol. The maximum Gasteiger partial charge on any atom is 0.293 e. The molecule has 5 nitrogen and oxygen atoms in total. The lowest BCUT2D eigenvalue weighted by molar-refractivity contribution is 0.560. The summed E-state index contributed by atoms with van der Waals surface area (Å²) in [7, 11) is 0. The van der Waals surface area contributed by atoms with Crippen LogP contribution in [0.15, 0.2) is 17.2 Å². The van der Waals surface area contributed by atoms with Crippen LogP contribution in [0.5, 0.6) is 0 Å². The zero-order chi connectivity index (χ0) is 11.9. The molecular weight excluding hydrogens is 216 g/mol. The van der Waals surface area contributed by atoms with E-state index in [0.717, 1.165) is 32.4 Å². The maximum absolute atomic E-state index is 12.2. The van der Waals surface area contributed by atoms with Crippen molar-refractivity contribution in [3.8, 4) is 0 Å². The zero-order valence-corrected chi connectivity index (χ0v) is 10.1. The van der Waals surface area contributed by atoms with Gasteiger partial charge in [-0.15, -0.1) is 0 Å². The second kappa shape index (κ2) is 3.84. The Morgan fingerprint density at radius 3 is 3.06 bits per heavy atom. The van der Waals surface area contributed by atoms with Crippen molar-refractivity contribution < 1.29 is 0 Å². The number of anilines is 1. The molecule has 1 aliphatic heterocycles. The molecule has 3 rings (SSSR count). The molecule has 0 aromatic carbocycles. The predicted octanol–water partition coefficient (Wildman–Crippen LogP) is 0.742. The van der Waals surface area contributed by atoms with Crippen LogP contribution in [0.1, 0.15) is 32.2 Å². The van der Waals surface area contributed by atoms with Gasteiger partial charge in [-0.2, -0.15) is 0 Å².